The number of pyridine rings is 1. The zero-order chi connectivity index (χ0) is 13.4. The zero-order valence-corrected chi connectivity index (χ0v) is 10.6. The standard InChI is InChI=1S/C14H14F2N2O/c1-9-8-12(18-4-6-19-7-5-18)10-2-3-11(15)13(16)14(10)17-9/h2-3,8H,4-7H2,1H3. The Morgan fingerprint density at radius 3 is 2.68 bits per heavy atom. The molecule has 0 unspecified atom stereocenters. The van der Waals surface area contributed by atoms with E-state index in [2.05, 4.69) is 9.88 Å². The van der Waals surface area contributed by atoms with Gasteiger partial charge in [0, 0.05) is 29.9 Å². The molecule has 1 aliphatic rings. The van der Waals surface area contributed by atoms with Crippen LogP contribution in [-0.4, -0.2) is 31.3 Å². The molecule has 1 aromatic heterocycles. The summed E-state index contributed by atoms with van der Waals surface area (Å²) < 4.78 is 32.5. The zero-order valence-electron chi connectivity index (χ0n) is 10.6. The Balaban J connectivity index is 2.20. The van der Waals surface area contributed by atoms with Gasteiger partial charge in [0.15, 0.2) is 11.6 Å². The molecule has 0 N–H and O–H groups in total. The molecule has 19 heavy (non-hydrogen) atoms. The molecule has 0 atom stereocenters. The number of anilines is 1. The van der Waals surface area contributed by atoms with Crippen LogP contribution in [0.2, 0.25) is 0 Å². The first-order valence-corrected chi connectivity index (χ1v) is 6.25. The maximum absolute atomic E-state index is 13.8. The molecular weight excluding hydrogens is 250 g/mol. The maximum atomic E-state index is 13.8. The molecule has 0 bridgehead atoms. The maximum Gasteiger partial charge on any atom is 0.185 e. The van der Waals surface area contributed by atoms with Gasteiger partial charge < -0.3 is 9.64 Å². The number of nitrogens with zero attached hydrogens (tertiary/aromatic N) is 2. The van der Waals surface area contributed by atoms with Gasteiger partial charge in [-0.3, -0.25) is 0 Å². The van der Waals surface area contributed by atoms with Crippen LogP contribution in [0.5, 0.6) is 0 Å². The molecule has 0 amide bonds. The van der Waals surface area contributed by atoms with Crippen molar-refractivity contribution in [3.63, 3.8) is 0 Å². The molecule has 100 valence electrons. The lowest BCUT2D eigenvalue weighted by Crippen LogP contribution is -2.36. The first-order chi connectivity index (χ1) is 9.16. The second kappa shape index (κ2) is 4.74. The summed E-state index contributed by atoms with van der Waals surface area (Å²) in [6.07, 6.45) is 0. The lowest BCUT2D eigenvalue weighted by Gasteiger charge is -2.30. The van der Waals surface area contributed by atoms with Crippen molar-refractivity contribution < 1.29 is 13.5 Å². The Bertz CT molecular complexity index is 624. The fourth-order valence-electron chi connectivity index (χ4n) is 2.41. The molecule has 1 aliphatic heterocycles. The van der Waals surface area contributed by atoms with E-state index in [0.29, 0.717) is 24.3 Å². The molecule has 0 radical (unpaired) electrons. The summed E-state index contributed by atoms with van der Waals surface area (Å²) in [5.41, 5.74) is 1.67. The van der Waals surface area contributed by atoms with Gasteiger partial charge in [-0.25, -0.2) is 13.8 Å². The Hall–Kier alpha value is -1.75. The van der Waals surface area contributed by atoms with Crippen LogP contribution in [0.25, 0.3) is 10.9 Å². The normalized spacial score (nSPS) is 16.1. The van der Waals surface area contributed by atoms with Crippen molar-refractivity contribution >= 4 is 16.6 Å². The number of morpholine rings is 1. The summed E-state index contributed by atoms with van der Waals surface area (Å²) in [7, 11) is 0. The summed E-state index contributed by atoms with van der Waals surface area (Å²) in [6, 6.07) is 4.65. The predicted octanol–water partition coefficient (Wildman–Crippen LogP) is 2.66. The van der Waals surface area contributed by atoms with Crippen molar-refractivity contribution in [1.82, 2.24) is 4.98 Å². The van der Waals surface area contributed by atoms with Crippen LogP contribution >= 0.6 is 0 Å². The molecular formula is C14H14F2N2O. The smallest absolute Gasteiger partial charge is 0.185 e. The average molecular weight is 264 g/mol. The van der Waals surface area contributed by atoms with Crippen molar-refractivity contribution in [1.29, 1.82) is 0 Å². The molecule has 1 fully saturated rings. The highest BCUT2D eigenvalue weighted by Crippen LogP contribution is 2.29. The van der Waals surface area contributed by atoms with E-state index >= 15 is 0 Å². The van der Waals surface area contributed by atoms with E-state index in [0.717, 1.165) is 24.8 Å². The molecule has 2 aromatic rings. The summed E-state index contributed by atoms with van der Waals surface area (Å²) in [6.45, 7) is 4.57. The van der Waals surface area contributed by atoms with Gasteiger partial charge in [0.25, 0.3) is 0 Å². The minimum absolute atomic E-state index is 0.0986. The first-order valence-electron chi connectivity index (χ1n) is 6.25. The van der Waals surface area contributed by atoms with Crippen molar-refractivity contribution in [3.8, 4) is 0 Å². The topological polar surface area (TPSA) is 25.4 Å². The quantitative estimate of drug-likeness (QED) is 0.791. The van der Waals surface area contributed by atoms with Crippen LogP contribution in [0.15, 0.2) is 18.2 Å². The summed E-state index contributed by atoms with van der Waals surface area (Å²) in [4.78, 5) is 6.24. The number of benzene rings is 1. The van der Waals surface area contributed by atoms with Crippen molar-refractivity contribution in [2.24, 2.45) is 0 Å². The number of aromatic nitrogens is 1. The fraction of sp³-hybridized carbons (Fsp3) is 0.357. The minimum Gasteiger partial charge on any atom is -0.378 e. The molecule has 2 heterocycles. The highest BCUT2D eigenvalue weighted by molar-refractivity contribution is 5.92. The largest absolute Gasteiger partial charge is 0.378 e. The van der Waals surface area contributed by atoms with Gasteiger partial charge in [0.05, 0.1) is 13.2 Å². The van der Waals surface area contributed by atoms with Crippen LogP contribution in [0, 0.1) is 18.6 Å². The number of hydrogen-bond acceptors (Lipinski definition) is 3. The van der Waals surface area contributed by atoms with Crippen molar-refractivity contribution in [2.75, 3.05) is 31.2 Å². The van der Waals surface area contributed by atoms with E-state index in [1.165, 1.54) is 0 Å². The molecule has 0 aliphatic carbocycles. The Kier molecular flexibility index (Phi) is 3.06. The van der Waals surface area contributed by atoms with Gasteiger partial charge in [-0.15, -0.1) is 0 Å². The lowest BCUT2D eigenvalue weighted by molar-refractivity contribution is 0.123. The minimum atomic E-state index is -0.879. The number of halogens is 2. The fourth-order valence-corrected chi connectivity index (χ4v) is 2.41. The third kappa shape index (κ3) is 2.14. The number of aryl methyl sites for hydroxylation is 1. The van der Waals surface area contributed by atoms with E-state index in [-0.39, 0.29) is 5.52 Å². The molecule has 5 heteroatoms. The number of fused-ring (bicyclic) bond motifs is 1. The first kappa shape index (κ1) is 12.3. The van der Waals surface area contributed by atoms with Crippen LogP contribution in [0.4, 0.5) is 14.5 Å². The van der Waals surface area contributed by atoms with Gasteiger partial charge in [-0.1, -0.05) is 0 Å². The van der Waals surface area contributed by atoms with Gasteiger partial charge in [0.2, 0.25) is 0 Å². The Labute approximate surface area is 109 Å². The van der Waals surface area contributed by atoms with E-state index in [1.807, 2.05) is 6.07 Å². The molecule has 1 aromatic carbocycles. The molecule has 1 saturated heterocycles. The van der Waals surface area contributed by atoms with Crippen LogP contribution < -0.4 is 4.90 Å². The summed E-state index contributed by atoms with van der Waals surface area (Å²) in [5.74, 6) is -1.74. The Morgan fingerprint density at radius 1 is 1.21 bits per heavy atom. The van der Waals surface area contributed by atoms with E-state index in [1.54, 1.807) is 13.0 Å². The molecule has 0 saturated carbocycles. The van der Waals surface area contributed by atoms with Crippen LogP contribution in [0.3, 0.4) is 0 Å². The summed E-state index contributed by atoms with van der Waals surface area (Å²) in [5, 5.41) is 0.645. The monoisotopic (exact) mass is 264 g/mol. The van der Waals surface area contributed by atoms with Gasteiger partial charge in [-0.05, 0) is 25.1 Å². The highest BCUT2D eigenvalue weighted by atomic mass is 19.2. The van der Waals surface area contributed by atoms with Crippen molar-refractivity contribution in [2.45, 2.75) is 6.92 Å². The third-order valence-electron chi connectivity index (χ3n) is 3.33. The Morgan fingerprint density at radius 2 is 1.95 bits per heavy atom. The van der Waals surface area contributed by atoms with Crippen molar-refractivity contribution in [3.05, 3.63) is 35.5 Å². The van der Waals surface area contributed by atoms with Gasteiger partial charge >= 0.3 is 0 Å². The second-order valence-corrected chi connectivity index (χ2v) is 4.64. The van der Waals surface area contributed by atoms with E-state index in [9.17, 15) is 8.78 Å². The highest BCUT2D eigenvalue weighted by Gasteiger charge is 2.18. The average Bonchev–Trinajstić information content (AvgIpc) is 2.44. The van der Waals surface area contributed by atoms with Gasteiger partial charge in [0.1, 0.15) is 5.52 Å². The molecule has 3 rings (SSSR count). The second-order valence-electron chi connectivity index (χ2n) is 4.64. The van der Waals surface area contributed by atoms with Gasteiger partial charge in [-0.2, -0.15) is 0 Å². The summed E-state index contributed by atoms with van der Waals surface area (Å²) >= 11 is 0. The predicted molar refractivity (Wildman–Crippen MR) is 69.4 cm³/mol. The number of hydrogen-bond donors (Lipinski definition) is 0. The van der Waals surface area contributed by atoms with E-state index in [4.69, 9.17) is 4.74 Å². The number of rotatable bonds is 1. The molecule has 0 spiro atoms. The molecule has 3 nitrogen and oxygen atoms in total. The lowest BCUT2D eigenvalue weighted by atomic mass is 10.1. The SMILES string of the molecule is Cc1cc(N2CCOCC2)c2ccc(F)c(F)c2n1. The van der Waals surface area contributed by atoms with Crippen LogP contribution in [0.1, 0.15) is 5.69 Å². The third-order valence-corrected chi connectivity index (χ3v) is 3.33. The van der Waals surface area contributed by atoms with Crippen LogP contribution in [-0.2, 0) is 4.74 Å². The van der Waals surface area contributed by atoms with E-state index < -0.39 is 11.6 Å². The number of ether oxygens (including phenoxy) is 1.